The van der Waals surface area contributed by atoms with Crippen molar-refractivity contribution < 1.29 is 0 Å². The van der Waals surface area contributed by atoms with Gasteiger partial charge in [0.25, 0.3) is 5.56 Å². The largest absolute Gasteiger partial charge is 0.382 e. The zero-order chi connectivity index (χ0) is 13.9. The number of H-pyrrole nitrogens is 1. The van der Waals surface area contributed by atoms with E-state index in [4.69, 9.17) is 0 Å². The van der Waals surface area contributed by atoms with Gasteiger partial charge in [-0.05, 0) is 46.5 Å². The Hall–Kier alpha value is -0.840. The first-order valence-corrected chi connectivity index (χ1v) is 7.79. The molecule has 1 aromatic rings. The molecule has 0 saturated heterocycles. The molecule has 1 saturated carbocycles. The van der Waals surface area contributed by atoms with Crippen molar-refractivity contribution in [3.8, 4) is 0 Å². The number of hydrogen-bond acceptors (Lipinski definition) is 3. The lowest BCUT2D eigenvalue weighted by Crippen LogP contribution is -2.29. The molecule has 106 valence electrons. The highest BCUT2D eigenvalue weighted by molar-refractivity contribution is 9.10. The Morgan fingerprint density at radius 2 is 2.16 bits per heavy atom. The van der Waals surface area contributed by atoms with Crippen LogP contribution in [-0.2, 0) is 0 Å². The third-order valence-electron chi connectivity index (χ3n) is 3.95. The summed E-state index contributed by atoms with van der Waals surface area (Å²) >= 11 is 3.31. The summed E-state index contributed by atoms with van der Waals surface area (Å²) in [6, 6.07) is 0. The van der Waals surface area contributed by atoms with Crippen molar-refractivity contribution in [2.75, 3.05) is 11.9 Å². The molecule has 0 aromatic carbocycles. The van der Waals surface area contributed by atoms with Gasteiger partial charge in [0.15, 0.2) is 0 Å². The number of anilines is 1. The van der Waals surface area contributed by atoms with Crippen LogP contribution in [0.5, 0.6) is 0 Å². The van der Waals surface area contributed by atoms with Gasteiger partial charge in [0.1, 0.15) is 4.47 Å². The molecule has 0 radical (unpaired) electrons. The van der Waals surface area contributed by atoms with Gasteiger partial charge in [-0.1, -0.05) is 26.7 Å². The molecule has 1 aliphatic rings. The molecule has 19 heavy (non-hydrogen) atoms. The fourth-order valence-electron chi connectivity index (χ4n) is 3.23. The number of hydrogen-bond donors (Lipinski definition) is 2. The lowest BCUT2D eigenvalue weighted by molar-refractivity contribution is 0.252. The first-order valence-electron chi connectivity index (χ1n) is 6.99. The van der Waals surface area contributed by atoms with E-state index < -0.39 is 0 Å². The average molecular weight is 328 g/mol. The molecular formula is C14H22BrN3O. The number of halogens is 1. The first kappa shape index (κ1) is 14.6. The second-order valence-electron chi connectivity index (χ2n) is 6.09. The summed E-state index contributed by atoms with van der Waals surface area (Å²) in [6.45, 7) is 5.49. The summed E-state index contributed by atoms with van der Waals surface area (Å²) in [7, 11) is 0. The van der Waals surface area contributed by atoms with E-state index in [2.05, 4.69) is 45.3 Å². The van der Waals surface area contributed by atoms with Gasteiger partial charge < -0.3 is 5.32 Å². The van der Waals surface area contributed by atoms with Gasteiger partial charge >= 0.3 is 0 Å². The average Bonchev–Trinajstić information content (AvgIpc) is 2.79. The van der Waals surface area contributed by atoms with E-state index in [0.717, 1.165) is 12.2 Å². The number of aromatic nitrogens is 2. The summed E-state index contributed by atoms with van der Waals surface area (Å²) in [5.41, 5.74) is 0.990. The lowest BCUT2D eigenvalue weighted by Gasteiger charge is -2.31. The standard InChI is InChI=1S/C14H22BrN3O/c1-10(2)7-14(5-3-4-6-14)9-16-11-8-17-18-13(19)12(11)15/h8,10H,3-7,9H2,1-2H3,(H2,16,18,19). The van der Waals surface area contributed by atoms with Crippen LogP contribution in [0.1, 0.15) is 46.0 Å². The van der Waals surface area contributed by atoms with Crippen LogP contribution in [-0.4, -0.2) is 16.7 Å². The minimum atomic E-state index is -0.186. The zero-order valence-electron chi connectivity index (χ0n) is 11.6. The van der Waals surface area contributed by atoms with Crippen LogP contribution in [0, 0.1) is 11.3 Å². The molecule has 0 spiro atoms. The van der Waals surface area contributed by atoms with Crippen molar-refractivity contribution in [2.24, 2.45) is 11.3 Å². The molecule has 0 unspecified atom stereocenters. The van der Waals surface area contributed by atoms with Gasteiger partial charge in [0.2, 0.25) is 0 Å². The molecular weight excluding hydrogens is 306 g/mol. The van der Waals surface area contributed by atoms with Crippen molar-refractivity contribution >= 4 is 21.6 Å². The Balaban J connectivity index is 2.07. The molecule has 0 amide bonds. The van der Waals surface area contributed by atoms with Gasteiger partial charge in [-0.15, -0.1) is 0 Å². The van der Waals surface area contributed by atoms with Crippen LogP contribution >= 0.6 is 15.9 Å². The Morgan fingerprint density at radius 1 is 1.47 bits per heavy atom. The van der Waals surface area contributed by atoms with E-state index in [1.54, 1.807) is 6.20 Å². The molecule has 0 atom stereocenters. The molecule has 1 heterocycles. The second-order valence-corrected chi connectivity index (χ2v) is 6.88. The van der Waals surface area contributed by atoms with Gasteiger partial charge in [-0.3, -0.25) is 4.79 Å². The SMILES string of the molecule is CC(C)CC1(CNc2cn[nH]c(=O)c2Br)CCCC1. The molecule has 4 nitrogen and oxygen atoms in total. The summed E-state index contributed by atoms with van der Waals surface area (Å²) in [6.07, 6.45) is 8.13. The lowest BCUT2D eigenvalue weighted by atomic mass is 9.78. The molecule has 0 aliphatic heterocycles. The minimum absolute atomic E-state index is 0.186. The van der Waals surface area contributed by atoms with Crippen molar-refractivity contribution in [3.05, 3.63) is 21.0 Å². The highest BCUT2D eigenvalue weighted by atomic mass is 79.9. The Bertz CT molecular complexity index is 478. The van der Waals surface area contributed by atoms with E-state index in [1.807, 2.05) is 0 Å². The van der Waals surface area contributed by atoms with E-state index in [9.17, 15) is 4.79 Å². The van der Waals surface area contributed by atoms with E-state index in [0.29, 0.717) is 15.8 Å². The van der Waals surface area contributed by atoms with Gasteiger partial charge in [-0.2, -0.15) is 5.10 Å². The molecule has 5 heteroatoms. The fraction of sp³-hybridized carbons (Fsp3) is 0.714. The van der Waals surface area contributed by atoms with Crippen molar-refractivity contribution in [1.29, 1.82) is 0 Å². The number of aromatic amines is 1. The smallest absolute Gasteiger partial charge is 0.280 e. The topological polar surface area (TPSA) is 57.8 Å². The highest BCUT2D eigenvalue weighted by Gasteiger charge is 2.34. The second kappa shape index (κ2) is 6.07. The third kappa shape index (κ3) is 3.59. The maximum Gasteiger partial charge on any atom is 0.280 e. The predicted molar refractivity (Wildman–Crippen MR) is 81.4 cm³/mol. The van der Waals surface area contributed by atoms with E-state index >= 15 is 0 Å². The zero-order valence-corrected chi connectivity index (χ0v) is 13.2. The number of nitrogens with zero attached hydrogens (tertiary/aromatic N) is 1. The highest BCUT2D eigenvalue weighted by Crippen LogP contribution is 2.43. The van der Waals surface area contributed by atoms with Crippen LogP contribution in [0.2, 0.25) is 0 Å². The molecule has 1 aromatic heterocycles. The summed E-state index contributed by atoms with van der Waals surface area (Å²) in [5, 5.41) is 9.67. The minimum Gasteiger partial charge on any atom is -0.382 e. The Labute approximate surface area is 122 Å². The molecule has 1 aliphatic carbocycles. The normalized spacial score (nSPS) is 17.9. The maximum atomic E-state index is 11.5. The van der Waals surface area contributed by atoms with Crippen LogP contribution in [0.4, 0.5) is 5.69 Å². The Morgan fingerprint density at radius 3 is 2.79 bits per heavy atom. The third-order valence-corrected chi connectivity index (χ3v) is 4.74. The monoisotopic (exact) mass is 327 g/mol. The predicted octanol–water partition coefficient (Wildman–Crippen LogP) is 3.55. The van der Waals surface area contributed by atoms with E-state index in [1.165, 1.54) is 32.1 Å². The Kier molecular flexibility index (Phi) is 4.66. The number of rotatable bonds is 5. The maximum absolute atomic E-state index is 11.5. The van der Waals surface area contributed by atoms with Crippen LogP contribution in [0.15, 0.2) is 15.5 Å². The fourth-order valence-corrected chi connectivity index (χ4v) is 3.56. The number of nitrogens with one attached hydrogen (secondary N) is 2. The van der Waals surface area contributed by atoms with Crippen LogP contribution in [0.3, 0.4) is 0 Å². The molecule has 1 fully saturated rings. The van der Waals surface area contributed by atoms with Crippen LogP contribution < -0.4 is 10.9 Å². The summed E-state index contributed by atoms with van der Waals surface area (Å²) < 4.78 is 0.542. The van der Waals surface area contributed by atoms with Gasteiger partial charge in [0.05, 0.1) is 11.9 Å². The summed E-state index contributed by atoms with van der Waals surface area (Å²) in [4.78, 5) is 11.5. The van der Waals surface area contributed by atoms with Gasteiger partial charge in [0, 0.05) is 6.54 Å². The van der Waals surface area contributed by atoms with Crippen molar-refractivity contribution in [1.82, 2.24) is 10.2 Å². The van der Waals surface area contributed by atoms with E-state index in [-0.39, 0.29) is 5.56 Å². The molecule has 2 rings (SSSR count). The van der Waals surface area contributed by atoms with Gasteiger partial charge in [-0.25, -0.2) is 5.10 Å². The quantitative estimate of drug-likeness (QED) is 0.869. The van der Waals surface area contributed by atoms with Crippen molar-refractivity contribution in [2.45, 2.75) is 46.0 Å². The van der Waals surface area contributed by atoms with Crippen LogP contribution in [0.25, 0.3) is 0 Å². The molecule has 0 bridgehead atoms. The first-order chi connectivity index (χ1) is 9.02. The summed E-state index contributed by atoms with van der Waals surface area (Å²) in [5.74, 6) is 0.709. The molecule has 2 N–H and O–H groups in total. The van der Waals surface area contributed by atoms with Crippen molar-refractivity contribution in [3.63, 3.8) is 0 Å².